The van der Waals surface area contributed by atoms with Crippen molar-refractivity contribution in [3.05, 3.63) is 29.8 Å². The van der Waals surface area contributed by atoms with Gasteiger partial charge in [0.1, 0.15) is 0 Å². The molecule has 124 valence electrons. The average Bonchev–Trinajstić information content (AvgIpc) is 2.49. The van der Waals surface area contributed by atoms with Crippen molar-refractivity contribution < 1.29 is 14.2 Å². The average molecular weight is 421 g/mol. The molecule has 0 saturated heterocycles. The maximum Gasteiger partial charge on any atom is 0.203 e. The molecule has 0 fully saturated rings. The largest absolute Gasteiger partial charge is 0.493 e. The standard InChI is InChI=1S/C15H23N3O3.HI/c1-10(2)8-17-15(16)18-9-11-6-7-12(19-3)14(21-5)13(11)20-4;/h6-7H,1,8-9H2,2-5H3,(H3,16,17,18);1H. The van der Waals surface area contributed by atoms with Gasteiger partial charge in [-0.05, 0) is 19.1 Å². The number of nitrogens with two attached hydrogens (primary N) is 1. The molecular weight excluding hydrogens is 397 g/mol. The number of halogens is 1. The lowest BCUT2D eigenvalue weighted by molar-refractivity contribution is 0.322. The molecule has 1 rings (SSSR count). The van der Waals surface area contributed by atoms with Crippen molar-refractivity contribution in [2.24, 2.45) is 10.7 Å². The molecular formula is C15H24IN3O3. The summed E-state index contributed by atoms with van der Waals surface area (Å²) in [5.41, 5.74) is 7.63. The molecule has 0 unspecified atom stereocenters. The second-order valence-electron chi connectivity index (χ2n) is 4.51. The molecule has 22 heavy (non-hydrogen) atoms. The van der Waals surface area contributed by atoms with Crippen molar-refractivity contribution >= 4 is 29.9 Å². The Morgan fingerprint density at radius 2 is 1.82 bits per heavy atom. The van der Waals surface area contributed by atoms with Crippen molar-refractivity contribution in [3.63, 3.8) is 0 Å². The van der Waals surface area contributed by atoms with Crippen molar-refractivity contribution in [1.82, 2.24) is 5.32 Å². The lowest BCUT2D eigenvalue weighted by atomic mass is 10.1. The first-order valence-electron chi connectivity index (χ1n) is 6.49. The minimum absolute atomic E-state index is 0. The van der Waals surface area contributed by atoms with E-state index in [9.17, 15) is 0 Å². The lowest BCUT2D eigenvalue weighted by Gasteiger charge is -2.15. The molecule has 0 saturated carbocycles. The Morgan fingerprint density at radius 3 is 2.32 bits per heavy atom. The second-order valence-corrected chi connectivity index (χ2v) is 4.51. The van der Waals surface area contributed by atoms with Gasteiger partial charge in [0, 0.05) is 12.1 Å². The molecule has 6 nitrogen and oxygen atoms in total. The van der Waals surface area contributed by atoms with Crippen LogP contribution in [-0.4, -0.2) is 33.8 Å². The third-order valence-electron chi connectivity index (χ3n) is 2.78. The maximum absolute atomic E-state index is 5.79. The van der Waals surface area contributed by atoms with Gasteiger partial charge in [0.05, 0.1) is 27.9 Å². The smallest absolute Gasteiger partial charge is 0.203 e. The van der Waals surface area contributed by atoms with E-state index in [2.05, 4.69) is 16.9 Å². The predicted octanol–water partition coefficient (Wildman–Crippen LogP) is 2.31. The Kier molecular flexibility index (Phi) is 9.39. The van der Waals surface area contributed by atoms with Crippen LogP contribution >= 0.6 is 24.0 Å². The van der Waals surface area contributed by atoms with Crippen LogP contribution in [0.2, 0.25) is 0 Å². The molecule has 0 aliphatic heterocycles. The van der Waals surface area contributed by atoms with Gasteiger partial charge in [-0.2, -0.15) is 0 Å². The summed E-state index contributed by atoms with van der Waals surface area (Å²) in [7, 11) is 4.72. The van der Waals surface area contributed by atoms with E-state index in [1.807, 2.05) is 19.1 Å². The molecule has 3 N–H and O–H groups in total. The van der Waals surface area contributed by atoms with E-state index in [0.29, 0.717) is 36.3 Å². The van der Waals surface area contributed by atoms with E-state index in [4.69, 9.17) is 19.9 Å². The van der Waals surface area contributed by atoms with E-state index in [1.165, 1.54) is 0 Å². The summed E-state index contributed by atoms with van der Waals surface area (Å²) in [4.78, 5) is 4.27. The van der Waals surface area contributed by atoms with Crippen LogP contribution in [0.25, 0.3) is 0 Å². The van der Waals surface area contributed by atoms with E-state index in [1.54, 1.807) is 21.3 Å². The number of rotatable bonds is 7. The van der Waals surface area contributed by atoms with Gasteiger partial charge in [0.25, 0.3) is 0 Å². The van der Waals surface area contributed by atoms with Crippen molar-refractivity contribution in [1.29, 1.82) is 0 Å². The van der Waals surface area contributed by atoms with Crippen molar-refractivity contribution in [2.75, 3.05) is 27.9 Å². The van der Waals surface area contributed by atoms with E-state index >= 15 is 0 Å². The molecule has 0 atom stereocenters. The highest BCUT2D eigenvalue weighted by Crippen LogP contribution is 2.39. The zero-order valence-corrected chi connectivity index (χ0v) is 15.8. The molecule has 1 aromatic rings. The number of aliphatic imine (C=N–C) groups is 1. The fraction of sp³-hybridized carbons (Fsp3) is 0.400. The first-order valence-corrected chi connectivity index (χ1v) is 6.49. The number of hydrogen-bond acceptors (Lipinski definition) is 4. The molecule has 0 aliphatic carbocycles. The molecule has 0 aromatic heterocycles. The van der Waals surface area contributed by atoms with Crippen LogP contribution in [0.4, 0.5) is 0 Å². The van der Waals surface area contributed by atoms with Gasteiger partial charge in [0.2, 0.25) is 5.75 Å². The number of guanidine groups is 1. The highest BCUT2D eigenvalue weighted by atomic mass is 127. The zero-order valence-electron chi connectivity index (χ0n) is 13.4. The molecule has 0 spiro atoms. The Bertz CT molecular complexity index is 533. The molecule has 0 heterocycles. The van der Waals surface area contributed by atoms with E-state index in [-0.39, 0.29) is 24.0 Å². The molecule has 0 aliphatic rings. The van der Waals surface area contributed by atoms with Crippen molar-refractivity contribution in [2.45, 2.75) is 13.5 Å². The summed E-state index contributed by atoms with van der Waals surface area (Å²) in [6.07, 6.45) is 0. The third kappa shape index (κ3) is 5.63. The zero-order chi connectivity index (χ0) is 15.8. The number of nitrogens with zero attached hydrogens (tertiary/aromatic N) is 1. The van der Waals surface area contributed by atoms with Crippen LogP contribution in [0.3, 0.4) is 0 Å². The van der Waals surface area contributed by atoms with Crippen LogP contribution in [0.1, 0.15) is 12.5 Å². The van der Waals surface area contributed by atoms with Crippen LogP contribution in [0.15, 0.2) is 29.3 Å². The minimum Gasteiger partial charge on any atom is -0.493 e. The summed E-state index contributed by atoms with van der Waals surface area (Å²) in [6, 6.07) is 3.68. The van der Waals surface area contributed by atoms with Crippen LogP contribution in [0, 0.1) is 0 Å². The van der Waals surface area contributed by atoms with Crippen molar-refractivity contribution in [3.8, 4) is 17.2 Å². The molecule has 1 aromatic carbocycles. The topological polar surface area (TPSA) is 78.1 Å². The summed E-state index contributed by atoms with van der Waals surface area (Å²) in [6.45, 7) is 6.67. The first-order chi connectivity index (χ1) is 10.0. The van der Waals surface area contributed by atoms with Gasteiger partial charge in [-0.15, -0.1) is 24.0 Å². The van der Waals surface area contributed by atoms with Gasteiger partial charge >= 0.3 is 0 Å². The molecule has 7 heteroatoms. The summed E-state index contributed by atoms with van der Waals surface area (Å²) < 4.78 is 16.0. The fourth-order valence-electron chi connectivity index (χ4n) is 1.76. The van der Waals surface area contributed by atoms with E-state index in [0.717, 1.165) is 11.1 Å². The highest BCUT2D eigenvalue weighted by Gasteiger charge is 2.15. The number of benzene rings is 1. The van der Waals surface area contributed by atoms with Gasteiger partial charge in [-0.3, -0.25) is 0 Å². The monoisotopic (exact) mass is 421 g/mol. The lowest BCUT2D eigenvalue weighted by Crippen LogP contribution is -2.32. The Morgan fingerprint density at radius 1 is 1.18 bits per heavy atom. The minimum atomic E-state index is 0. The SMILES string of the molecule is C=C(C)CNC(N)=NCc1ccc(OC)c(OC)c1OC.I. The normalized spacial score (nSPS) is 10.5. The fourth-order valence-corrected chi connectivity index (χ4v) is 1.76. The quantitative estimate of drug-likeness (QED) is 0.306. The van der Waals surface area contributed by atoms with E-state index < -0.39 is 0 Å². The Labute approximate surface area is 148 Å². The number of nitrogens with one attached hydrogen (secondary N) is 1. The molecule has 0 amide bonds. The van der Waals surface area contributed by atoms with Gasteiger partial charge in [-0.25, -0.2) is 4.99 Å². The van der Waals surface area contributed by atoms with Crippen LogP contribution < -0.4 is 25.3 Å². The third-order valence-corrected chi connectivity index (χ3v) is 2.78. The maximum atomic E-state index is 5.79. The van der Waals surface area contributed by atoms with Gasteiger partial charge in [0.15, 0.2) is 17.5 Å². The number of ether oxygens (including phenoxy) is 3. The molecule has 0 bridgehead atoms. The predicted molar refractivity (Wildman–Crippen MR) is 99.7 cm³/mol. The number of methoxy groups -OCH3 is 3. The summed E-state index contributed by atoms with van der Waals surface area (Å²) in [5, 5.41) is 2.97. The first kappa shape index (κ1) is 20.4. The Hall–Kier alpha value is -1.64. The molecule has 0 radical (unpaired) electrons. The van der Waals surface area contributed by atoms with Gasteiger partial charge < -0.3 is 25.3 Å². The van der Waals surface area contributed by atoms with Gasteiger partial charge in [-0.1, -0.05) is 12.2 Å². The second kappa shape index (κ2) is 10.1. The van der Waals surface area contributed by atoms with Crippen LogP contribution in [-0.2, 0) is 6.54 Å². The Balaban J connectivity index is 0.00000441. The summed E-state index contributed by atoms with van der Waals surface area (Å²) >= 11 is 0. The number of hydrogen-bond donors (Lipinski definition) is 2. The highest BCUT2D eigenvalue weighted by molar-refractivity contribution is 14.0. The van der Waals surface area contributed by atoms with Crippen LogP contribution in [0.5, 0.6) is 17.2 Å². The summed E-state index contributed by atoms with van der Waals surface area (Å²) in [5.74, 6) is 2.10.